The molecule has 6 nitrogen and oxygen atoms in total. The number of nitrogens with two attached hydrogens (primary N) is 1. The van der Waals surface area contributed by atoms with Crippen LogP contribution in [0.25, 0.3) is 0 Å². The van der Waals surface area contributed by atoms with Gasteiger partial charge in [-0.05, 0) is 48.9 Å². The number of nitrogens with zero attached hydrogens (tertiary/aromatic N) is 1. The fourth-order valence-electron chi connectivity index (χ4n) is 2.17. The van der Waals surface area contributed by atoms with Crippen molar-refractivity contribution in [1.82, 2.24) is 4.31 Å². The molecule has 0 radical (unpaired) electrons. The zero-order chi connectivity index (χ0) is 17.7. The molecule has 2 aromatic rings. The highest BCUT2D eigenvalue weighted by Crippen LogP contribution is 2.19. The summed E-state index contributed by atoms with van der Waals surface area (Å²) < 4.78 is 31.8. The summed E-state index contributed by atoms with van der Waals surface area (Å²) in [5.74, 6) is 0.149. The highest BCUT2D eigenvalue weighted by atomic mass is 32.2. The molecule has 2 aromatic carbocycles. The second-order valence-corrected chi connectivity index (χ2v) is 7.27. The molecule has 0 bridgehead atoms. The van der Waals surface area contributed by atoms with Crippen molar-refractivity contribution in [2.24, 2.45) is 5.73 Å². The molecule has 7 heteroatoms. The van der Waals surface area contributed by atoms with Gasteiger partial charge in [0, 0.05) is 19.2 Å². The SMILES string of the molecule is CCOc1ccc(CN(C)S(=O)(=O)c2ccc(C(N)=O)cc2)cc1. The smallest absolute Gasteiger partial charge is 0.248 e. The van der Waals surface area contributed by atoms with Gasteiger partial charge in [0.15, 0.2) is 0 Å². The van der Waals surface area contributed by atoms with E-state index in [2.05, 4.69) is 0 Å². The summed E-state index contributed by atoms with van der Waals surface area (Å²) in [4.78, 5) is 11.2. The number of hydrogen-bond donors (Lipinski definition) is 1. The number of primary amides is 1. The Hall–Kier alpha value is -2.38. The summed E-state index contributed by atoms with van der Waals surface area (Å²) in [6.07, 6.45) is 0. The quantitative estimate of drug-likeness (QED) is 0.829. The summed E-state index contributed by atoms with van der Waals surface area (Å²) in [6.45, 7) is 2.71. The van der Waals surface area contributed by atoms with E-state index in [4.69, 9.17) is 10.5 Å². The third kappa shape index (κ3) is 4.12. The first-order valence-corrected chi connectivity index (χ1v) is 8.86. The molecule has 0 atom stereocenters. The third-order valence-corrected chi connectivity index (χ3v) is 5.30. The first-order valence-electron chi connectivity index (χ1n) is 7.42. The van der Waals surface area contributed by atoms with Crippen LogP contribution in [0.2, 0.25) is 0 Å². The lowest BCUT2D eigenvalue weighted by molar-refractivity contribution is 0.1000. The number of ether oxygens (including phenoxy) is 1. The van der Waals surface area contributed by atoms with Crippen molar-refractivity contribution in [1.29, 1.82) is 0 Å². The lowest BCUT2D eigenvalue weighted by Crippen LogP contribution is -2.26. The summed E-state index contributed by atoms with van der Waals surface area (Å²) >= 11 is 0. The number of carbonyl (C=O) groups is 1. The standard InChI is InChI=1S/C17H20N2O4S/c1-3-23-15-8-4-13(5-9-15)12-19(2)24(21,22)16-10-6-14(7-11-16)17(18)20/h4-11H,3,12H2,1-2H3,(H2,18,20). The Kier molecular flexibility index (Phi) is 5.58. The van der Waals surface area contributed by atoms with Crippen LogP contribution in [0.4, 0.5) is 0 Å². The summed E-state index contributed by atoms with van der Waals surface area (Å²) in [7, 11) is -2.14. The molecule has 0 aliphatic rings. The van der Waals surface area contributed by atoms with Crippen molar-refractivity contribution in [2.45, 2.75) is 18.4 Å². The van der Waals surface area contributed by atoms with E-state index in [1.807, 2.05) is 19.1 Å². The van der Waals surface area contributed by atoms with Crippen LogP contribution in [0, 0.1) is 0 Å². The van der Waals surface area contributed by atoms with Crippen molar-refractivity contribution in [2.75, 3.05) is 13.7 Å². The molecule has 24 heavy (non-hydrogen) atoms. The average molecular weight is 348 g/mol. The molecule has 128 valence electrons. The Morgan fingerprint density at radius 1 is 1.08 bits per heavy atom. The van der Waals surface area contributed by atoms with Gasteiger partial charge < -0.3 is 10.5 Å². The van der Waals surface area contributed by atoms with E-state index < -0.39 is 15.9 Å². The van der Waals surface area contributed by atoms with E-state index in [-0.39, 0.29) is 17.0 Å². The first-order chi connectivity index (χ1) is 11.3. The van der Waals surface area contributed by atoms with Gasteiger partial charge in [-0.25, -0.2) is 8.42 Å². The maximum atomic E-state index is 12.6. The topological polar surface area (TPSA) is 89.7 Å². The molecule has 0 spiro atoms. The van der Waals surface area contributed by atoms with Gasteiger partial charge in [0.2, 0.25) is 15.9 Å². The molecule has 2 N–H and O–H groups in total. The Bertz CT molecular complexity index is 799. The van der Waals surface area contributed by atoms with E-state index in [0.29, 0.717) is 6.61 Å². The van der Waals surface area contributed by atoms with Gasteiger partial charge in [0.25, 0.3) is 0 Å². The van der Waals surface area contributed by atoms with Crippen LogP contribution < -0.4 is 10.5 Å². The Balaban J connectivity index is 2.14. The number of rotatable bonds is 7. The predicted octanol–water partition coefficient (Wildman–Crippen LogP) is 2.00. The molecule has 0 saturated heterocycles. The fourth-order valence-corrected chi connectivity index (χ4v) is 3.33. The van der Waals surface area contributed by atoms with Gasteiger partial charge in [-0.3, -0.25) is 4.79 Å². The van der Waals surface area contributed by atoms with Gasteiger partial charge >= 0.3 is 0 Å². The monoisotopic (exact) mass is 348 g/mol. The largest absolute Gasteiger partial charge is 0.494 e. The van der Waals surface area contributed by atoms with Crippen LogP contribution in [-0.2, 0) is 16.6 Å². The second kappa shape index (κ2) is 7.46. The van der Waals surface area contributed by atoms with Crippen LogP contribution in [0.5, 0.6) is 5.75 Å². The van der Waals surface area contributed by atoms with Gasteiger partial charge in [-0.2, -0.15) is 4.31 Å². The van der Waals surface area contributed by atoms with Crippen molar-refractivity contribution in [3.8, 4) is 5.75 Å². The molecule has 1 amide bonds. The minimum atomic E-state index is -3.65. The van der Waals surface area contributed by atoms with Crippen LogP contribution in [0.3, 0.4) is 0 Å². The van der Waals surface area contributed by atoms with E-state index in [9.17, 15) is 13.2 Å². The van der Waals surface area contributed by atoms with E-state index in [0.717, 1.165) is 11.3 Å². The summed E-state index contributed by atoms with van der Waals surface area (Å²) in [5, 5.41) is 0. The third-order valence-electron chi connectivity index (χ3n) is 3.49. The van der Waals surface area contributed by atoms with Crippen molar-refractivity contribution >= 4 is 15.9 Å². The Labute approximate surface area is 141 Å². The minimum Gasteiger partial charge on any atom is -0.494 e. The molecule has 0 aromatic heterocycles. The van der Waals surface area contributed by atoms with Crippen molar-refractivity contribution in [3.63, 3.8) is 0 Å². The zero-order valence-corrected chi connectivity index (χ0v) is 14.4. The van der Waals surface area contributed by atoms with E-state index in [1.54, 1.807) is 12.1 Å². The number of sulfonamides is 1. The molecule has 0 saturated carbocycles. The maximum absolute atomic E-state index is 12.6. The number of amides is 1. The van der Waals surface area contributed by atoms with E-state index >= 15 is 0 Å². The number of carbonyl (C=O) groups excluding carboxylic acids is 1. The molecule has 0 heterocycles. The van der Waals surface area contributed by atoms with Gasteiger partial charge in [0.05, 0.1) is 11.5 Å². The molecular formula is C17H20N2O4S. The fraction of sp³-hybridized carbons (Fsp3) is 0.235. The van der Waals surface area contributed by atoms with Crippen LogP contribution in [0.15, 0.2) is 53.4 Å². The van der Waals surface area contributed by atoms with Crippen LogP contribution in [0.1, 0.15) is 22.8 Å². The lowest BCUT2D eigenvalue weighted by Gasteiger charge is -2.17. The van der Waals surface area contributed by atoms with Crippen molar-refractivity contribution in [3.05, 3.63) is 59.7 Å². The number of benzene rings is 2. The van der Waals surface area contributed by atoms with Gasteiger partial charge in [-0.15, -0.1) is 0 Å². The molecule has 0 aliphatic carbocycles. The van der Waals surface area contributed by atoms with Gasteiger partial charge in [-0.1, -0.05) is 12.1 Å². The molecule has 0 unspecified atom stereocenters. The van der Waals surface area contributed by atoms with Gasteiger partial charge in [0.1, 0.15) is 5.75 Å². The summed E-state index contributed by atoms with van der Waals surface area (Å²) in [6, 6.07) is 12.8. The minimum absolute atomic E-state index is 0.112. The average Bonchev–Trinajstić information content (AvgIpc) is 2.57. The highest BCUT2D eigenvalue weighted by molar-refractivity contribution is 7.89. The molecule has 0 aliphatic heterocycles. The van der Waals surface area contributed by atoms with Crippen molar-refractivity contribution < 1.29 is 17.9 Å². The maximum Gasteiger partial charge on any atom is 0.248 e. The van der Waals surface area contributed by atoms with E-state index in [1.165, 1.54) is 35.6 Å². The second-order valence-electron chi connectivity index (χ2n) is 5.23. The number of hydrogen-bond acceptors (Lipinski definition) is 4. The highest BCUT2D eigenvalue weighted by Gasteiger charge is 2.21. The Morgan fingerprint density at radius 2 is 1.67 bits per heavy atom. The zero-order valence-electron chi connectivity index (χ0n) is 13.6. The molecular weight excluding hydrogens is 328 g/mol. The lowest BCUT2D eigenvalue weighted by atomic mass is 10.2. The van der Waals surface area contributed by atoms with Crippen LogP contribution >= 0.6 is 0 Å². The predicted molar refractivity (Wildman–Crippen MR) is 91.2 cm³/mol. The summed E-state index contributed by atoms with van der Waals surface area (Å²) in [5.41, 5.74) is 6.27. The van der Waals surface area contributed by atoms with Crippen LogP contribution in [-0.4, -0.2) is 32.3 Å². The Morgan fingerprint density at radius 3 is 2.17 bits per heavy atom. The molecule has 2 rings (SSSR count). The molecule has 0 fully saturated rings. The normalized spacial score (nSPS) is 11.5. The first kappa shape index (κ1) is 18.0.